The van der Waals surface area contributed by atoms with Gasteiger partial charge < -0.3 is 4.90 Å². The van der Waals surface area contributed by atoms with Crippen LogP contribution in [0.15, 0.2) is 23.4 Å². The molecule has 0 unspecified atom stereocenters. The molecule has 0 saturated carbocycles. The molecule has 1 fully saturated rings. The molecule has 1 aliphatic heterocycles. The Balaban J connectivity index is 3.01. The summed E-state index contributed by atoms with van der Waals surface area (Å²) in [6, 6.07) is 0.554. The van der Waals surface area contributed by atoms with E-state index < -0.39 is 0 Å². The second-order valence-electron chi connectivity index (χ2n) is 5.33. The van der Waals surface area contributed by atoms with Crippen LogP contribution in [0.4, 0.5) is 0 Å². The Kier molecular flexibility index (Phi) is 7.55. The Morgan fingerprint density at radius 3 is 2.79 bits per heavy atom. The monoisotopic (exact) mass is 346 g/mol. The Labute approximate surface area is 132 Å². The van der Waals surface area contributed by atoms with Gasteiger partial charge in [-0.2, -0.15) is 12.6 Å². The highest BCUT2D eigenvalue weighted by molar-refractivity contribution is 9.09. The molecule has 0 aromatic carbocycles. The van der Waals surface area contributed by atoms with E-state index in [1.807, 2.05) is 0 Å². The minimum absolute atomic E-state index is 0.554. The molecule has 0 spiro atoms. The van der Waals surface area contributed by atoms with Crippen molar-refractivity contribution in [3.8, 4) is 0 Å². The third-order valence-electron chi connectivity index (χ3n) is 3.85. The van der Waals surface area contributed by atoms with E-state index in [0.29, 0.717) is 6.04 Å². The molecule has 1 aliphatic rings. The van der Waals surface area contributed by atoms with Crippen LogP contribution in [-0.2, 0) is 0 Å². The number of alkyl halides is 1. The fourth-order valence-electron chi connectivity index (χ4n) is 2.63. The van der Waals surface area contributed by atoms with E-state index in [4.69, 9.17) is 0 Å². The highest BCUT2D eigenvalue weighted by Gasteiger charge is 2.25. The Morgan fingerprint density at radius 2 is 2.26 bits per heavy atom. The minimum atomic E-state index is 0.554. The number of hydrogen-bond donors (Lipinski definition) is 1. The number of halogens is 1. The van der Waals surface area contributed by atoms with Gasteiger partial charge in [-0.25, -0.2) is 0 Å². The van der Waals surface area contributed by atoms with Gasteiger partial charge in [0, 0.05) is 43.1 Å². The van der Waals surface area contributed by atoms with Gasteiger partial charge >= 0.3 is 0 Å². The smallest absolute Gasteiger partial charge is 0.0420 e. The molecule has 2 nitrogen and oxygen atoms in total. The standard InChI is InChI=1S/C15H27BrN2S/c1-5-6-15(17(4)8-7-16)14-10-18(11-19)13(3)9-12(14)2/h13,19H,2,5-11H2,1,3-4H3/b15-14-/t13-/m1/s1. The van der Waals surface area contributed by atoms with Crippen LogP contribution in [-0.4, -0.2) is 47.2 Å². The van der Waals surface area contributed by atoms with Gasteiger partial charge in [-0.3, -0.25) is 4.90 Å². The fourth-order valence-corrected chi connectivity index (χ4v) is 3.55. The molecule has 0 aliphatic carbocycles. The lowest BCUT2D eigenvalue weighted by Crippen LogP contribution is -2.40. The molecule has 19 heavy (non-hydrogen) atoms. The van der Waals surface area contributed by atoms with Gasteiger partial charge in [-0.05, 0) is 30.9 Å². The number of nitrogens with zero attached hydrogens (tertiary/aromatic N) is 2. The predicted molar refractivity (Wildman–Crippen MR) is 92.1 cm³/mol. The van der Waals surface area contributed by atoms with E-state index in [9.17, 15) is 0 Å². The lowest BCUT2D eigenvalue weighted by atomic mass is 9.91. The van der Waals surface area contributed by atoms with Crippen molar-refractivity contribution < 1.29 is 0 Å². The molecule has 0 bridgehead atoms. The largest absolute Gasteiger partial charge is 0.377 e. The van der Waals surface area contributed by atoms with E-state index >= 15 is 0 Å². The minimum Gasteiger partial charge on any atom is -0.377 e. The summed E-state index contributed by atoms with van der Waals surface area (Å²) >= 11 is 7.99. The zero-order valence-corrected chi connectivity index (χ0v) is 14.9. The lowest BCUT2D eigenvalue weighted by Gasteiger charge is -2.37. The van der Waals surface area contributed by atoms with Crippen LogP contribution in [0.25, 0.3) is 0 Å². The van der Waals surface area contributed by atoms with E-state index in [-0.39, 0.29) is 0 Å². The van der Waals surface area contributed by atoms with Gasteiger partial charge in [0.25, 0.3) is 0 Å². The number of likely N-dealkylation sites (tertiary alicyclic amines) is 1. The summed E-state index contributed by atoms with van der Waals surface area (Å²) in [5.74, 6) is 0.819. The molecule has 1 rings (SSSR count). The van der Waals surface area contributed by atoms with Gasteiger partial charge in [-0.1, -0.05) is 35.9 Å². The Hall–Kier alpha value is 0.0700. The first kappa shape index (κ1) is 17.1. The molecule has 0 aromatic rings. The van der Waals surface area contributed by atoms with Crippen LogP contribution < -0.4 is 0 Å². The molecule has 0 N–H and O–H groups in total. The van der Waals surface area contributed by atoms with Crippen LogP contribution in [0, 0.1) is 0 Å². The van der Waals surface area contributed by atoms with Gasteiger partial charge in [0.05, 0.1) is 0 Å². The van der Waals surface area contributed by atoms with Crippen LogP contribution in [0.5, 0.6) is 0 Å². The first-order valence-electron chi connectivity index (χ1n) is 7.07. The lowest BCUT2D eigenvalue weighted by molar-refractivity contribution is 0.244. The number of hydrogen-bond acceptors (Lipinski definition) is 3. The topological polar surface area (TPSA) is 6.48 Å². The zero-order valence-electron chi connectivity index (χ0n) is 12.5. The van der Waals surface area contributed by atoms with Crippen molar-refractivity contribution in [3.63, 3.8) is 0 Å². The maximum atomic E-state index is 4.46. The summed E-state index contributed by atoms with van der Waals surface area (Å²) < 4.78 is 0. The fraction of sp³-hybridized carbons (Fsp3) is 0.733. The van der Waals surface area contributed by atoms with E-state index in [2.05, 4.69) is 65.8 Å². The maximum absolute atomic E-state index is 4.46. The number of piperidine rings is 1. The molecule has 0 aromatic heterocycles. The molecule has 0 radical (unpaired) electrons. The second-order valence-corrected chi connectivity index (χ2v) is 6.41. The van der Waals surface area contributed by atoms with Gasteiger partial charge in [0.15, 0.2) is 0 Å². The quantitative estimate of drug-likeness (QED) is 0.575. The van der Waals surface area contributed by atoms with Crippen molar-refractivity contribution in [1.82, 2.24) is 9.80 Å². The normalized spacial score (nSPS) is 23.6. The third kappa shape index (κ3) is 4.54. The summed E-state index contributed by atoms with van der Waals surface area (Å²) in [6.45, 7) is 10.9. The number of rotatable bonds is 6. The van der Waals surface area contributed by atoms with Gasteiger partial charge in [-0.15, -0.1) is 0 Å². The van der Waals surface area contributed by atoms with Crippen molar-refractivity contribution >= 4 is 28.6 Å². The van der Waals surface area contributed by atoms with Crippen molar-refractivity contribution in [1.29, 1.82) is 0 Å². The summed E-state index contributed by atoms with van der Waals surface area (Å²) in [7, 11) is 2.19. The Bertz CT molecular complexity index is 341. The van der Waals surface area contributed by atoms with Crippen molar-refractivity contribution in [2.45, 2.75) is 39.2 Å². The predicted octanol–water partition coefficient (Wildman–Crippen LogP) is 3.91. The van der Waals surface area contributed by atoms with E-state index in [0.717, 1.165) is 37.1 Å². The van der Waals surface area contributed by atoms with Gasteiger partial charge in [0.2, 0.25) is 0 Å². The summed E-state index contributed by atoms with van der Waals surface area (Å²) in [5.41, 5.74) is 4.22. The molecule has 1 heterocycles. The number of thiol groups is 1. The molecule has 110 valence electrons. The molecular formula is C15H27BrN2S. The molecule has 4 heteroatoms. The highest BCUT2D eigenvalue weighted by Crippen LogP contribution is 2.30. The van der Waals surface area contributed by atoms with Crippen LogP contribution in [0.3, 0.4) is 0 Å². The molecular weight excluding hydrogens is 320 g/mol. The summed E-state index contributed by atoms with van der Waals surface area (Å²) in [5, 5.41) is 1.00. The van der Waals surface area contributed by atoms with Crippen LogP contribution >= 0.6 is 28.6 Å². The van der Waals surface area contributed by atoms with Gasteiger partial charge in [0.1, 0.15) is 0 Å². The zero-order chi connectivity index (χ0) is 14.4. The molecule has 0 amide bonds. The van der Waals surface area contributed by atoms with E-state index in [1.54, 1.807) is 0 Å². The van der Waals surface area contributed by atoms with Crippen LogP contribution in [0.2, 0.25) is 0 Å². The number of allylic oxidation sites excluding steroid dienone is 1. The van der Waals surface area contributed by atoms with Crippen LogP contribution in [0.1, 0.15) is 33.1 Å². The molecule has 1 saturated heterocycles. The average molecular weight is 347 g/mol. The highest BCUT2D eigenvalue weighted by atomic mass is 79.9. The third-order valence-corrected chi connectivity index (χ3v) is 4.57. The van der Waals surface area contributed by atoms with Crippen molar-refractivity contribution in [3.05, 3.63) is 23.4 Å². The average Bonchev–Trinajstić information content (AvgIpc) is 2.37. The summed E-state index contributed by atoms with van der Waals surface area (Å²) in [6.07, 6.45) is 3.37. The van der Waals surface area contributed by atoms with E-state index in [1.165, 1.54) is 23.3 Å². The first-order chi connectivity index (χ1) is 9.04. The maximum Gasteiger partial charge on any atom is 0.0420 e. The van der Waals surface area contributed by atoms with Crippen molar-refractivity contribution in [2.24, 2.45) is 0 Å². The SMILES string of the molecule is C=C1C[C@@H](C)N(CS)C/C1=C(\CCC)N(C)CCBr. The van der Waals surface area contributed by atoms with Crippen molar-refractivity contribution in [2.75, 3.05) is 31.3 Å². The second kappa shape index (κ2) is 8.38. The Morgan fingerprint density at radius 1 is 1.58 bits per heavy atom. The molecule has 1 atom stereocenters. The first-order valence-corrected chi connectivity index (χ1v) is 8.82. The summed E-state index contributed by atoms with van der Waals surface area (Å²) in [4.78, 5) is 4.80.